The molecule has 1 aliphatic rings. The Bertz CT molecular complexity index is 786. The first-order valence-electron chi connectivity index (χ1n) is 7.02. The fraction of sp³-hybridized carbons (Fsp3) is 0.167. The molecule has 0 aliphatic carbocycles. The van der Waals surface area contributed by atoms with Gasteiger partial charge in [-0.3, -0.25) is 4.79 Å². The van der Waals surface area contributed by atoms with Gasteiger partial charge >= 0.3 is 0 Å². The van der Waals surface area contributed by atoms with E-state index in [4.69, 9.17) is 14.2 Å². The Kier molecular flexibility index (Phi) is 4.13. The molecule has 2 aromatic carbocycles. The lowest BCUT2D eigenvalue weighted by molar-refractivity contribution is 0.0998. The van der Waals surface area contributed by atoms with Crippen LogP contribution in [0.4, 0.5) is 0 Å². The molecule has 1 aliphatic heterocycles. The summed E-state index contributed by atoms with van der Waals surface area (Å²) < 4.78 is 15.6. The molecule has 0 aromatic heterocycles. The van der Waals surface area contributed by atoms with Crippen molar-refractivity contribution < 1.29 is 23.8 Å². The van der Waals surface area contributed by atoms with Crippen molar-refractivity contribution in [1.82, 2.24) is 0 Å². The minimum atomic E-state index is -0.163. The number of ketones is 1. The molecule has 2 aromatic rings. The van der Waals surface area contributed by atoms with Crippen molar-refractivity contribution in [2.75, 3.05) is 13.9 Å². The predicted octanol–water partition coefficient (Wildman–Crippen LogP) is 2.91. The number of fused-ring (bicyclic) bond motifs is 1. The van der Waals surface area contributed by atoms with E-state index in [2.05, 4.69) is 0 Å². The van der Waals surface area contributed by atoms with Gasteiger partial charge < -0.3 is 14.2 Å². The molecule has 1 heterocycles. The van der Waals surface area contributed by atoms with Gasteiger partial charge in [0.05, 0.1) is 12.7 Å². The van der Waals surface area contributed by atoms with Crippen LogP contribution in [-0.4, -0.2) is 25.6 Å². The summed E-state index contributed by atoms with van der Waals surface area (Å²) in [7, 11) is 1.56. The zero-order chi connectivity index (χ0) is 16.2. The highest BCUT2D eigenvalue weighted by molar-refractivity contribution is 6.06. The Morgan fingerprint density at radius 2 is 1.78 bits per heavy atom. The van der Waals surface area contributed by atoms with E-state index in [1.54, 1.807) is 49.6 Å². The molecule has 0 atom stereocenters. The van der Waals surface area contributed by atoms with Crippen LogP contribution < -0.4 is 14.2 Å². The first-order valence-corrected chi connectivity index (χ1v) is 7.02. The Labute approximate surface area is 133 Å². The van der Waals surface area contributed by atoms with E-state index in [0.29, 0.717) is 28.4 Å². The number of ether oxygens (including phenoxy) is 3. The number of hydrogen-bond acceptors (Lipinski definition) is 5. The van der Waals surface area contributed by atoms with Crippen molar-refractivity contribution >= 4 is 17.3 Å². The number of methoxy groups -OCH3 is 1. The summed E-state index contributed by atoms with van der Waals surface area (Å²) in [6, 6.07) is 11.9. The third kappa shape index (κ3) is 3.10. The largest absolute Gasteiger partial charge is 0.497 e. The van der Waals surface area contributed by atoms with Crippen molar-refractivity contribution in [3.8, 4) is 17.2 Å². The van der Waals surface area contributed by atoms with Gasteiger partial charge in [0.15, 0.2) is 17.3 Å². The fourth-order valence-corrected chi connectivity index (χ4v) is 2.32. The normalized spacial score (nSPS) is 11.7. The fourth-order valence-electron chi connectivity index (χ4n) is 2.32. The van der Waals surface area contributed by atoms with Crippen LogP contribution in [0.15, 0.2) is 42.5 Å². The number of Topliss-reactive ketones (excluding diaryl/α,β-unsaturated/α-hetero) is 1. The first kappa shape index (κ1) is 14.9. The first-order chi connectivity index (χ1) is 11.2. The van der Waals surface area contributed by atoms with Gasteiger partial charge in [-0.05, 0) is 48.0 Å². The minimum Gasteiger partial charge on any atom is -0.497 e. The number of benzene rings is 2. The van der Waals surface area contributed by atoms with Crippen LogP contribution >= 0.6 is 0 Å². The highest BCUT2D eigenvalue weighted by Gasteiger charge is 2.17. The standard InChI is InChI=1S/C18H14O5/c1-21-15-5-2-12(3-6-15)16(20)8-14(10-19)13-4-7-17-18(9-13)23-11-22-17/h2-7,9H,8,11H2,1H3. The van der Waals surface area contributed by atoms with Crippen LogP contribution in [0.3, 0.4) is 0 Å². The van der Waals surface area contributed by atoms with Gasteiger partial charge in [0.2, 0.25) is 6.79 Å². The second kappa shape index (κ2) is 6.38. The maximum absolute atomic E-state index is 12.3. The number of rotatable bonds is 5. The van der Waals surface area contributed by atoms with Gasteiger partial charge in [-0.25, -0.2) is 4.79 Å². The highest BCUT2D eigenvalue weighted by Crippen LogP contribution is 2.34. The average Bonchev–Trinajstić information content (AvgIpc) is 3.07. The molecule has 5 nitrogen and oxygen atoms in total. The van der Waals surface area contributed by atoms with Crippen molar-refractivity contribution in [3.05, 3.63) is 53.6 Å². The van der Waals surface area contributed by atoms with Gasteiger partial charge in [-0.15, -0.1) is 0 Å². The number of allylic oxidation sites excluding steroid dienone is 1. The van der Waals surface area contributed by atoms with E-state index in [-0.39, 0.29) is 24.6 Å². The van der Waals surface area contributed by atoms with E-state index in [9.17, 15) is 9.59 Å². The second-order valence-corrected chi connectivity index (χ2v) is 4.98. The average molecular weight is 310 g/mol. The summed E-state index contributed by atoms with van der Waals surface area (Å²) >= 11 is 0. The Balaban J connectivity index is 1.79. The molecule has 0 unspecified atom stereocenters. The van der Waals surface area contributed by atoms with Crippen molar-refractivity contribution in [2.24, 2.45) is 0 Å². The Morgan fingerprint density at radius 3 is 2.48 bits per heavy atom. The lowest BCUT2D eigenvalue weighted by Crippen LogP contribution is -2.01. The summed E-state index contributed by atoms with van der Waals surface area (Å²) in [5, 5.41) is 0. The summed E-state index contributed by atoms with van der Waals surface area (Å²) in [4.78, 5) is 23.6. The molecular weight excluding hydrogens is 296 g/mol. The van der Waals surface area contributed by atoms with Crippen LogP contribution in [-0.2, 0) is 4.79 Å². The zero-order valence-corrected chi connectivity index (χ0v) is 12.5. The van der Waals surface area contributed by atoms with Crippen LogP contribution in [0.2, 0.25) is 0 Å². The summed E-state index contributed by atoms with van der Waals surface area (Å²) in [6.45, 7) is 0.156. The molecule has 3 rings (SSSR count). The molecule has 0 bridgehead atoms. The number of hydrogen-bond donors (Lipinski definition) is 0. The Hall–Kier alpha value is -3.04. The van der Waals surface area contributed by atoms with Crippen molar-refractivity contribution in [2.45, 2.75) is 6.42 Å². The van der Waals surface area contributed by atoms with Crippen LogP contribution in [0, 0.1) is 0 Å². The summed E-state index contributed by atoms with van der Waals surface area (Å²) in [5.74, 6) is 3.55. The van der Waals surface area contributed by atoms with E-state index < -0.39 is 0 Å². The molecule has 0 radical (unpaired) electrons. The van der Waals surface area contributed by atoms with E-state index in [0.717, 1.165) is 0 Å². The Morgan fingerprint density at radius 1 is 1.09 bits per heavy atom. The van der Waals surface area contributed by atoms with Crippen molar-refractivity contribution in [3.63, 3.8) is 0 Å². The minimum absolute atomic E-state index is 0.0323. The third-order valence-electron chi connectivity index (χ3n) is 3.59. The molecule has 0 spiro atoms. The monoisotopic (exact) mass is 310 g/mol. The molecule has 0 saturated heterocycles. The van der Waals surface area contributed by atoms with Gasteiger partial charge in [-0.1, -0.05) is 0 Å². The zero-order valence-electron chi connectivity index (χ0n) is 12.5. The van der Waals surface area contributed by atoms with Crippen LogP contribution in [0.1, 0.15) is 22.3 Å². The quantitative estimate of drug-likeness (QED) is 0.627. The van der Waals surface area contributed by atoms with E-state index in [1.807, 2.05) is 5.94 Å². The van der Waals surface area contributed by atoms with Crippen molar-refractivity contribution in [1.29, 1.82) is 0 Å². The van der Waals surface area contributed by atoms with Gasteiger partial charge in [0, 0.05) is 12.0 Å². The van der Waals surface area contributed by atoms with Crippen LogP contribution in [0.25, 0.3) is 5.57 Å². The van der Waals surface area contributed by atoms with Gasteiger partial charge in [0.1, 0.15) is 11.7 Å². The summed E-state index contributed by atoms with van der Waals surface area (Å²) in [5.41, 5.74) is 1.40. The van der Waals surface area contributed by atoms with Gasteiger partial charge in [0.25, 0.3) is 0 Å². The topological polar surface area (TPSA) is 61.8 Å². The van der Waals surface area contributed by atoms with Crippen LogP contribution in [0.5, 0.6) is 17.2 Å². The lowest BCUT2D eigenvalue weighted by atomic mass is 9.98. The van der Waals surface area contributed by atoms with Gasteiger partial charge in [-0.2, -0.15) is 0 Å². The third-order valence-corrected chi connectivity index (χ3v) is 3.59. The molecule has 0 saturated carbocycles. The number of carbonyl (C=O) groups is 1. The number of carbonyl (C=O) groups excluding carboxylic acids is 2. The molecular formula is C18H14O5. The molecule has 0 amide bonds. The smallest absolute Gasteiger partial charge is 0.231 e. The molecule has 116 valence electrons. The molecule has 5 heteroatoms. The lowest BCUT2D eigenvalue weighted by Gasteiger charge is -2.06. The highest BCUT2D eigenvalue weighted by atomic mass is 16.7. The molecule has 0 fully saturated rings. The van der Waals surface area contributed by atoms with E-state index in [1.165, 1.54) is 0 Å². The predicted molar refractivity (Wildman–Crippen MR) is 83.6 cm³/mol. The summed E-state index contributed by atoms with van der Waals surface area (Å²) in [6.07, 6.45) is -0.0323. The second-order valence-electron chi connectivity index (χ2n) is 4.98. The maximum Gasteiger partial charge on any atom is 0.231 e. The maximum atomic E-state index is 12.3. The molecule has 23 heavy (non-hydrogen) atoms. The SMILES string of the molecule is COc1ccc(C(=O)CC(=C=O)c2ccc3c(c2)OCO3)cc1. The molecule has 0 N–H and O–H groups in total. The van der Waals surface area contributed by atoms with E-state index >= 15 is 0 Å².